The van der Waals surface area contributed by atoms with E-state index in [1.165, 1.54) is 0 Å². The molecule has 1 N–H and O–H groups in total. The first kappa shape index (κ1) is 15.6. The average molecular weight is 206 g/mol. The maximum Gasteiger partial charge on any atom is 0.637 e. The zero-order chi connectivity index (χ0) is 9.99. The van der Waals surface area contributed by atoms with E-state index in [-0.39, 0.29) is 9.90 Å². The molecule has 0 aromatic heterocycles. The van der Waals surface area contributed by atoms with Crippen LogP contribution in [0, 0.1) is 0 Å². The molecule has 0 aromatic carbocycles. The lowest BCUT2D eigenvalue weighted by atomic mass is 9.90. The Hall–Kier alpha value is 0.115. The highest BCUT2D eigenvalue weighted by molar-refractivity contribution is 6.92. The molecular weight excluding hydrogens is 186 g/mol. The van der Waals surface area contributed by atoms with Gasteiger partial charge in [0.2, 0.25) is 0 Å². The van der Waals surface area contributed by atoms with Gasteiger partial charge in [-0.3, -0.25) is 0 Å². The van der Waals surface area contributed by atoms with E-state index in [0.29, 0.717) is 0 Å². The summed E-state index contributed by atoms with van der Waals surface area (Å²) in [6.45, 7) is 13.6. The molecule has 1 atom stereocenters. The molecular formula is C8H20BO3P. The first-order chi connectivity index (χ1) is 5.35. The Morgan fingerprint density at radius 1 is 1.00 bits per heavy atom. The van der Waals surface area contributed by atoms with Crippen LogP contribution in [0.2, 0.25) is 0 Å². The minimum Gasteiger partial charge on any atom is -0.402 e. The molecule has 1 aliphatic rings. The Morgan fingerprint density at radius 2 is 1.23 bits per heavy atom. The lowest BCUT2D eigenvalue weighted by Gasteiger charge is -2.31. The van der Waals surface area contributed by atoms with Crippen LogP contribution in [0.25, 0.3) is 0 Å². The fraction of sp³-hybridized carbons (Fsp3) is 0.750. The van der Waals surface area contributed by atoms with Gasteiger partial charge in [-0.05, 0) is 27.7 Å². The van der Waals surface area contributed by atoms with Crippen LogP contribution in [-0.2, 0) is 9.31 Å². The molecule has 1 unspecified atom stereocenters. The van der Waals surface area contributed by atoms with Crippen LogP contribution in [0.15, 0.2) is 13.2 Å². The number of hydrogen-bond donors (Lipinski definition) is 1. The predicted molar refractivity (Wildman–Crippen MR) is 60.7 cm³/mol. The third-order valence-corrected chi connectivity index (χ3v) is 2.24. The highest BCUT2D eigenvalue weighted by Crippen LogP contribution is 2.35. The number of rotatable bonds is 0. The second-order valence-corrected chi connectivity index (χ2v) is 3.56. The molecule has 1 heterocycles. The van der Waals surface area contributed by atoms with Crippen LogP contribution >= 0.6 is 9.90 Å². The van der Waals surface area contributed by atoms with Gasteiger partial charge in [0, 0.05) is 0 Å². The largest absolute Gasteiger partial charge is 0.637 e. The molecule has 0 radical (unpaired) electrons. The minimum atomic E-state index is -1.06. The van der Waals surface area contributed by atoms with Crippen molar-refractivity contribution in [2.24, 2.45) is 0 Å². The summed E-state index contributed by atoms with van der Waals surface area (Å²) in [5.74, 6) is 0. The van der Waals surface area contributed by atoms with E-state index < -0.39 is 18.5 Å². The van der Waals surface area contributed by atoms with E-state index in [1.807, 2.05) is 27.7 Å². The zero-order valence-corrected chi connectivity index (χ0v) is 10.4. The fourth-order valence-corrected chi connectivity index (χ4v) is 0.812. The molecule has 5 heteroatoms. The standard InChI is InChI=1S/C6H13BO3.C2H4.H3P/c1-5(2)6(3,4)10-7(8)9-5;1-2;/h8H,1-4H3;1-2H2;1H3. The predicted octanol–water partition coefficient (Wildman–Crippen LogP) is 1.43. The summed E-state index contributed by atoms with van der Waals surface area (Å²) < 4.78 is 10.2. The second-order valence-electron chi connectivity index (χ2n) is 3.56. The lowest BCUT2D eigenvalue weighted by Crippen LogP contribution is -2.41. The summed E-state index contributed by atoms with van der Waals surface area (Å²) in [6, 6.07) is 0. The molecule has 0 spiro atoms. The zero-order valence-electron chi connectivity index (χ0n) is 8.96. The van der Waals surface area contributed by atoms with Crippen molar-refractivity contribution in [2.75, 3.05) is 0 Å². The Kier molecular flexibility index (Phi) is 6.12. The minimum absolute atomic E-state index is 0. The summed E-state index contributed by atoms with van der Waals surface area (Å²) in [6.07, 6.45) is 0. The molecule has 1 aliphatic heterocycles. The molecule has 0 aromatic rings. The van der Waals surface area contributed by atoms with Crippen molar-refractivity contribution in [3.05, 3.63) is 13.2 Å². The van der Waals surface area contributed by atoms with Crippen LogP contribution in [-0.4, -0.2) is 23.5 Å². The molecule has 1 fully saturated rings. The Labute approximate surface area is 84.3 Å². The van der Waals surface area contributed by atoms with Gasteiger partial charge in [0.05, 0.1) is 11.2 Å². The van der Waals surface area contributed by atoms with E-state index in [9.17, 15) is 0 Å². The van der Waals surface area contributed by atoms with Crippen molar-refractivity contribution in [3.63, 3.8) is 0 Å². The van der Waals surface area contributed by atoms with Crippen LogP contribution in [0.4, 0.5) is 0 Å². The molecule has 0 aliphatic carbocycles. The van der Waals surface area contributed by atoms with Gasteiger partial charge >= 0.3 is 7.32 Å². The first-order valence-electron chi connectivity index (χ1n) is 3.89. The van der Waals surface area contributed by atoms with Gasteiger partial charge < -0.3 is 14.3 Å². The van der Waals surface area contributed by atoms with Gasteiger partial charge in [-0.1, -0.05) is 0 Å². The van der Waals surface area contributed by atoms with E-state index in [4.69, 9.17) is 14.3 Å². The molecule has 13 heavy (non-hydrogen) atoms. The van der Waals surface area contributed by atoms with Gasteiger partial charge in [0.1, 0.15) is 0 Å². The third kappa shape index (κ3) is 3.39. The van der Waals surface area contributed by atoms with Gasteiger partial charge in [-0.2, -0.15) is 9.90 Å². The SMILES string of the molecule is C=C.CC1(C)OB(O)OC1(C)C.P. The molecule has 0 amide bonds. The first-order valence-corrected chi connectivity index (χ1v) is 3.89. The van der Waals surface area contributed by atoms with E-state index in [2.05, 4.69) is 13.2 Å². The van der Waals surface area contributed by atoms with Crippen molar-refractivity contribution < 1.29 is 14.3 Å². The quantitative estimate of drug-likeness (QED) is 0.370. The Morgan fingerprint density at radius 3 is 1.31 bits per heavy atom. The normalized spacial score (nSPS) is 22.7. The summed E-state index contributed by atoms with van der Waals surface area (Å²) >= 11 is 0. The van der Waals surface area contributed by atoms with E-state index >= 15 is 0 Å². The lowest BCUT2D eigenvalue weighted by molar-refractivity contribution is 0.00578. The maximum absolute atomic E-state index is 8.96. The van der Waals surface area contributed by atoms with Crippen molar-refractivity contribution in [1.29, 1.82) is 0 Å². The summed E-state index contributed by atoms with van der Waals surface area (Å²) in [5, 5.41) is 8.96. The summed E-state index contributed by atoms with van der Waals surface area (Å²) in [4.78, 5) is 0. The van der Waals surface area contributed by atoms with Gasteiger partial charge in [0.15, 0.2) is 0 Å². The number of hydrogen-bond acceptors (Lipinski definition) is 3. The molecule has 1 saturated heterocycles. The highest BCUT2D eigenvalue weighted by atomic mass is 31.0. The van der Waals surface area contributed by atoms with E-state index in [0.717, 1.165) is 0 Å². The van der Waals surface area contributed by atoms with Crippen LogP contribution in [0.5, 0.6) is 0 Å². The van der Waals surface area contributed by atoms with E-state index in [1.54, 1.807) is 0 Å². The van der Waals surface area contributed by atoms with Crippen LogP contribution in [0.1, 0.15) is 27.7 Å². The Balaban J connectivity index is 0. The van der Waals surface area contributed by atoms with Crippen molar-refractivity contribution in [2.45, 2.75) is 38.9 Å². The molecule has 0 saturated carbocycles. The van der Waals surface area contributed by atoms with Crippen LogP contribution < -0.4 is 0 Å². The maximum atomic E-state index is 8.96. The van der Waals surface area contributed by atoms with Crippen molar-refractivity contribution in [1.82, 2.24) is 0 Å². The molecule has 1 rings (SSSR count). The smallest absolute Gasteiger partial charge is 0.402 e. The monoisotopic (exact) mass is 206 g/mol. The van der Waals surface area contributed by atoms with Gasteiger partial charge in [-0.15, -0.1) is 13.2 Å². The fourth-order valence-electron chi connectivity index (χ4n) is 0.812. The third-order valence-electron chi connectivity index (χ3n) is 2.24. The highest BCUT2D eigenvalue weighted by Gasteiger charge is 2.51. The van der Waals surface area contributed by atoms with Crippen molar-refractivity contribution in [3.8, 4) is 0 Å². The van der Waals surface area contributed by atoms with Crippen molar-refractivity contribution >= 4 is 17.2 Å². The average Bonchev–Trinajstić information content (AvgIpc) is 2.04. The molecule has 0 bridgehead atoms. The Bertz CT molecular complexity index is 145. The molecule has 78 valence electrons. The molecule has 3 nitrogen and oxygen atoms in total. The summed E-state index contributed by atoms with van der Waals surface area (Å²) in [7, 11) is -1.06. The second kappa shape index (κ2) is 5.11. The van der Waals surface area contributed by atoms with Gasteiger partial charge in [0.25, 0.3) is 0 Å². The van der Waals surface area contributed by atoms with Gasteiger partial charge in [-0.25, -0.2) is 0 Å². The summed E-state index contributed by atoms with van der Waals surface area (Å²) in [5.41, 5.74) is -0.821. The van der Waals surface area contributed by atoms with Crippen LogP contribution in [0.3, 0.4) is 0 Å². The topological polar surface area (TPSA) is 38.7 Å².